The van der Waals surface area contributed by atoms with Gasteiger partial charge in [0, 0.05) is 43.9 Å². The van der Waals surface area contributed by atoms with Crippen LogP contribution < -0.4 is 10.6 Å². The van der Waals surface area contributed by atoms with Crippen molar-refractivity contribution in [1.29, 1.82) is 0 Å². The van der Waals surface area contributed by atoms with Crippen LogP contribution in [-0.2, 0) is 6.54 Å². The van der Waals surface area contributed by atoms with Gasteiger partial charge in [-0.25, -0.2) is 0 Å². The second-order valence-electron chi connectivity index (χ2n) is 4.95. The van der Waals surface area contributed by atoms with Crippen LogP contribution in [0.1, 0.15) is 5.56 Å². The van der Waals surface area contributed by atoms with E-state index in [0.29, 0.717) is 30.3 Å². The average molecular weight is 351 g/mol. The van der Waals surface area contributed by atoms with Crippen molar-refractivity contribution in [2.24, 2.45) is 0 Å². The van der Waals surface area contributed by atoms with Gasteiger partial charge in [-0.15, -0.1) is 0 Å². The molecule has 8 nitrogen and oxygen atoms in total. The van der Waals surface area contributed by atoms with Gasteiger partial charge in [0.15, 0.2) is 0 Å². The van der Waals surface area contributed by atoms with Crippen molar-refractivity contribution >= 4 is 28.7 Å². The van der Waals surface area contributed by atoms with Crippen molar-refractivity contribution in [2.75, 3.05) is 18.4 Å². The zero-order valence-electron chi connectivity index (χ0n) is 12.6. The van der Waals surface area contributed by atoms with Gasteiger partial charge >= 0.3 is 0 Å². The summed E-state index contributed by atoms with van der Waals surface area (Å²) in [4.78, 5) is 20.3. The predicted molar refractivity (Wildman–Crippen MR) is 91.4 cm³/mol. The van der Waals surface area contributed by atoms with Crippen LogP contribution in [0.4, 0.5) is 17.1 Å². The van der Waals surface area contributed by atoms with Gasteiger partial charge in [-0.05, 0) is 11.6 Å². The Labute approximate surface area is 142 Å². The summed E-state index contributed by atoms with van der Waals surface area (Å²) in [7, 11) is 0. The highest BCUT2D eigenvalue weighted by molar-refractivity contribution is 6.33. The highest BCUT2D eigenvalue weighted by Gasteiger charge is 2.08. The lowest BCUT2D eigenvalue weighted by molar-refractivity contribution is -0.385. The molecule has 0 unspecified atom stereocenters. The van der Waals surface area contributed by atoms with E-state index in [4.69, 9.17) is 11.6 Å². The first-order valence-electron chi connectivity index (χ1n) is 7.09. The molecule has 0 saturated heterocycles. The summed E-state index contributed by atoms with van der Waals surface area (Å²) in [6, 6.07) is 10.6. The molecule has 24 heavy (non-hydrogen) atoms. The summed E-state index contributed by atoms with van der Waals surface area (Å²) in [6.45, 7) is 1.78. The van der Waals surface area contributed by atoms with Crippen LogP contribution in [0.25, 0.3) is 0 Å². The average Bonchev–Trinajstić information content (AvgIpc) is 2.56. The maximum absolute atomic E-state index is 10.6. The van der Waals surface area contributed by atoms with Crippen molar-refractivity contribution in [1.82, 2.24) is 5.32 Å². The van der Waals surface area contributed by atoms with Gasteiger partial charge in [-0.3, -0.25) is 20.2 Å². The minimum Gasteiger partial charge on any atom is -0.383 e. The number of nitro benzene ring substituents is 2. The van der Waals surface area contributed by atoms with Crippen LogP contribution in [0.2, 0.25) is 5.02 Å². The standard InChI is InChI=1S/C15H15ClN4O4/c16-14-9-13(20(23)24)5-6-15(14)18-8-7-17-10-11-1-3-12(4-2-11)19(21)22/h1-6,9,17-18H,7-8,10H2. The SMILES string of the molecule is O=[N+]([O-])c1ccc(CNCCNc2ccc([N+](=O)[O-])cc2Cl)cc1. The fourth-order valence-electron chi connectivity index (χ4n) is 2.01. The van der Waals surface area contributed by atoms with Gasteiger partial charge in [0.05, 0.1) is 20.6 Å². The molecule has 0 bridgehead atoms. The topological polar surface area (TPSA) is 110 Å². The molecule has 2 aromatic carbocycles. The highest BCUT2D eigenvalue weighted by Crippen LogP contribution is 2.26. The molecule has 0 heterocycles. The van der Waals surface area contributed by atoms with Gasteiger partial charge in [-0.2, -0.15) is 0 Å². The summed E-state index contributed by atoms with van der Waals surface area (Å²) in [5.41, 5.74) is 1.57. The third-order valence-electron chi connectivity index (χ3n) is 3.26. The quantitative estimate of drug-likeness (QED) is 0.429. The number of hydrogen-bond acceptors (Lipinski definition) is 6. The molecule has 9 heteroatoms. The Morgan fingerprint density at radius 2 is 1.54 bits per heavy atom. The molecule has 0 aromatic heterocycles. The molecule has 0 fully saturated rings. The number of nitrogens with zero attached hydrogens (tertiary/aromatic N) is 2. The molecule has 0 aliphatic carbocycles. The summed E-state index contributed by atoms with van der Waals surface area (Å²) >= 11 is 5.98. The summed E-state index contributed by atoms with van der Waals surface area (Å²) in [6.07, 6.45) is 0. The number of benzene rings is 2. The predicted octanol–water partition coefficient (Wildman–Crippen LogP) is 3.36. The summed E-state index contributed by atoms with van der Waals surface area (Å²) < 4.78 is 0. The number of nitro groups is 2. The molecular formula is C15H15ClN4O4. The third kappa shape index (κ3) is 4.90. The van der Waals surface area contributed by atoms with Crippen molar-refractivity contribution in [2.45, 2.75) is 6.54 Å². The van der Waals surface area contributed by atoms with E-state index in [1.807, 2.05) is 0 Å². The summed E-state index contributed by atoms with van der Waals surface area (Å²) in [5, 5.41) is 27.8. The van der Waals surface area contributed by atoms with Crippen LogP contribution in [-0.4, -0.2) is 22.9 Å². The summed E-state index contributed by atoms with van der Waals surface area (Å²) in [5.74, 6) is 0. The number of hydrogen-bond donors (Lipinski definition) is 2. The van der Waals surface area contributed by atoms with Crippen molar-refractivity contribution in [3.05, 3.63) is 73.3 Å². The van der Waals surface area contributed by atoms with E-state index >= 15 is 0 Å². The first-order chi connectivity index (χ1) is 11.5. The monoisotopic (exact) mass is 350 g/mol. The number of anilines is 1. The first-order valence-corrected chi connectivity index (χ1v) is 7.47. The Balaban J connectivity index is 1.75. The Kier molecular flexibility index (Phi) is 6.05. The Morgan fingerprint density at radius 1 is 0.917 bits per heavy atom. The lowest BCUT2D eigenvalue weighted by Gasteiger charge is -2.09. The molecular weight excluding hydrogens is 336 g/mol. The van der Waals surface area contributed by atoms with Gasteiger partial charge in [0.25, 0.3) is 11.4 Å². The van der Waals surface area contributed by atoms with Crippen LogP contribution >= 0.6 is 11.6 Å². The number of rotatable bonds is 8. The Bertz CT molecular complexity index is 737. The fourth-order valence-corrected chi connectivity index (χ4v) is 2.26. The van der Waals surface area contributed by atoms with Gasteiger partial charge in [0.1, 0.15) is 0 Å². The van der Waals surface area contributed by atoms with Gasteiger partial charge < -0.3 is 10.6 Å². The van der Waals surface area contributed by atoms with Crippen LogP contribution in [0.5, 0.6) is 0 Å². The molecule has 0 atom stereocenters. The molecule has 0 amide bonds. The fraction of sp³-hybridized carbons (Fsp3) is 0.200. The molecule has 0 spiro atoms. The minimum absolute atomic E-state index is 0.0538. The zero-order valence-corrected chi connectivity index (χ0v) is 13.3. The molecule has 2 aromatic rings. The lowest BCUT2D eigenvalue weighted by Crippen LogP contribution is -2.21. The van der Waals surface area contributed by atoms with E-state index < -0.39 is 9.85 Å². The second kappa shape index (κ2) is 8.23. The minimum atomic E-state index is -0.499. The second-order valence-corrected chi connectivity index (χ2v) is 5.36. The van der Waals surface area contributed by atoms with E-state index in [2.05, 4.69) is 10.6 Å². The van der Waals surface area contributed by atoms with Crippen molar-refractivity contribution in [3.63, 3.8) is 0 Å². The van der Waals surface area contributed by atoms with Crippen LogP contribution in [0, 0.1) is 20.2 Å². The maximum atomic E-state index is 10.6. The molecule has 0 aliphatic rings. The van der Waals surface area contributed by atoms with E-state index in [1.165, 1.54) is 24.3 Å². The van der Waals surface area contributed by atoms with Gasteiger partial charge in [-0.1, -0.05) is 23.7 Å². The lowest BCUT2D eigenvalue weighted by atomic mass is 10.2. The highest BCUT2D eigenvalue weighted by atomic mass is 35.5. The van der Waals surface area contributed by atoms with Crippen molar-refractivity contribution < 1.29 is 9.85 Å². The van der Waals surface area contributed by atoms with Crippen LogP contribution in [0.3, 0.4) is 0 Å². The van der Waals surface area contributed by atoms with Crippen molar-refractivity contribution in [3.8, 4) is 0 Å². The molecule has 2 N–H and O–H groups in total. The van der Waals surface area contributed by atoms with Crippen LogP contribution in [0.15, 0.2) is 42.5 Å². The maximum Gasteiger partial charge on any atom is 0.271 e. The largest absolute Gasteiger partial charge is 0.383 e. The molecule has 0 aliphatic heterocycles. The first kappa shape index (κ1) is 17.6. The number of halogens is 1. The third-order valence-corrected chi connectivity index (χ3v) is 3.57. The van der Waals surface area contributed by atoms with E-state index in [1.54, 1.807) is 18.2 Å². The smallest absolute Gasteiger partial charge is 0.271 e. The molecule has 126 valence electrons. The van der Waals surface area contributed by atoms with E-state index in [9.17, 15) is 20.2 Å². The normalized spacial score (nSPS) is 10.4. The number of nitrogens with one attached hydrogen (secondary N) is 2. The Morgan fingerprint density at radius 3 is 2.12 bits per heavy atom. The number of non-ortho nitro benzene ring substituents is 2. The zero-order chi connectivity index (χ0) is 17.5. The Hall–Kier alpha value is -2.71. The van der Waals surface area contributed by atoms with Gasteiger partial charge in [0.2, 0.25) is 0 Å². The molecule has 0 radical (unpaired) electrons. The molecule has 0 saturated carbocycles. The van der Waals surface area contributed by atoms with E-state index in [0.717, 1.165) is 5.56 Å². The van der Waals surface area contributed by atoms with E-state index in [-0.39, 0.29) is 11.4 Å². The molecule has 2 rings (SSSR count).